The second kappa shape index (κ2) is 7.07. The van der Waals surface area contributed by atoms with Crippen LogP contribution in [0, 0.1) is 5.92 Å². The first-order valence-corrected chi connectivity index (χ1v) is 6.68. The summed E-state index contributed by atoms with van der Waals surface area (Å²) >= 11 is 5.39. The highest BCUT2D eigenvalue weighted by molar-refractivity contribution is 7.80. The van der Waals surface area contributed by atoms with E-state index in [0.29, 0.717) is 12.0 Å². The molecule has 1 aliphatic heterocycles. The quantitative estimate of drug-likeness (QED) is 0.765. The Labute approximate surface area is 105 Å². The van der Waals surface area contributed by atoms with Crippen molar-refractivity contribution < 1.29 is 4.74 Å². The molecule has 0 aromatic heterocycles. The van der Waals surface area contributed by atoms with E-state index in [0.717, 1.165) is 37.8 Å². The van der Waals surface area contributed by atoms with Gasteiger partial charge in [0.05, 0.1) is 6.10 Å². The largest absolute Gasteiger partial charge is 0.377 e. The molecule has 1 N–H and O–H groups in total. The fourth-order valence-corrected chi connectivity index (χ4v) is 2.15. The number of rotatable bonds is 4. The third-order valence-corrected chi connectivity index (χ3v) is 3.13. The van der Waals surface area contributed by atoms with Crippen LogP contribution in [0.5, 0.6) is 0 Å². The Morgan fingerprint density at radius 1 is 1.56 bits per heavy atom. The number of ether oxygens (including phenoxy) is 1. The van der Waals surface area contributed by atoms with Crippen LogP contribution in [-0.4, -0.2) is 42.4 Å². The molecule has 16 heavy (non-hydrogen) atoms. The van der Waals surface area contributed by atoms with Crippen LogP contribution in [0.25, 0.3) is 0 Å². The zero-order chi connectivity index (χ0) is 12.0. The van der Waals surface area contributed by atoms with Crippen molar-refractivity contribution in [2.45, 2.75) is 39.7 Å². The van der Waals surface area contributed by atoms with Gasteiger partial charge in [-0.1, -0.05) is 13.8 Å². The van der Waals surface area contributed by atoms with Gasteiger partial charge in [0.25, 0.3) is 0 Å². The Kier molecular flexibility index (Phi) is 6.06. The first-order valence-electron chi connectivity index (χ1n) is 6.27. The van der Waals surface area contributed by atoms with Gasteiger partial charge in [-0.15, -0.1) is 0 Å². The summed E-state index contributed by atoms with van der Waals surface area (Å²) in [4.78, 5) is 2.24. The molecular weight excluding hydrogens is 220 g/mol. The normalized spacial score (nSPS) is 21.2. The van der Waals surface area contributed by atoms with E-state index in [1.54, 1.807) is 0 Å². The van der Waals surface area contributed by atoms with Crippen molar-refractivity contribution in [2.75, 3.05) is 26.2 Å². The smallest absolute Gasteiger partial charge is 0.169 e. The first kappa shape index (κ1) is 13.7. The minimum Gasteiger partial charge on any atom is -0.377 e. The summed E-state index contributed by atoms with van der Waals surface area (Å²) < 4.78 is 5.66. The van der Waals surface area contributed by atoms with Crippen LogP contribution in [0.2, 0.25) is 0 Å². The number of piperidine rings is 1. The summed E-state index contributed by atoms with van der Waals surface area (Å²) in [7, 11) is 0. The van der Waals surface area contributed by atoms with E-state index in [9.17, 15) is 0 Å². The third-order valence-electron chi connectivity index (χ3n) is 2.73. The van der Waals surface area contributed by atoms with Gasteiger partial charge in [0, 0.05) is 26.2 Å². The van der Waals surface area contributed by atoms with Gasteiger partial charge in [-0.05, 0) is 37.9 Å². The van der Waals surface area contributed by atoms with Crippen molar-refractivity contribution in [3.8, 4) is 0 Å². The Balaban J connectivity index is 2.32. The zero-order valence-electron chi connectivity index (χ0n) is 10.7. The molecule has 0 spiro atoms. The van der Waals surface area contributed by atoms with Crippen LogP contribution in [0.4, 0.5) is 0 Å². The van der Waals surface area contributed by atoms with Crippen molar-refractivity contribution in [1.82, 2.24) is 10.2 Å². The van der Waals surface area contributed by atoms with Crippen molar-refractivity contribution >= 4 is 17.3 Å². The maximum absolute atomic E-state index is 5.66. The highest BCUT2D eigenvalue weighted by Crippen LogP contribution is 2.13. The molecular formula is C12H24N2OS. The molecule has 0 saturated carbocycles. The second-order valence-electron chi connectivity index (χ2n) is 4.75. The van der Waals surface area contributed by atoms with E-state index in [2.05, 4.69) is 24.1 Å². The minimum atomic E-state index is 0.359. The van der Waals surface area contributed by atoms with Gasteiger partial charge < -0.3 is 15.0 Å². The molecule has 3 nitrogen and oxygen atoms in total. The summed E-state index contributed by atoms with van der Waals surface area (Å²) in [5.74, 6) is 0.630. The molecule has 1 aliphatic rings. The molecule has 0 bridgehead atoms. The predicted molar refractivity (Wildman–Crippen MR) is 71.7 cm³/mol. The maximum Gasteiger partial charge on any atom is 0.169 e. The van der Waals surface area contributed by atoms with Crippen LogP contribution in [0.3, 0.4) is 0 Å². The minimum absolute atomic E-state index is 0.359. The van der Waals surface area contributed by atoms with Crippen molar-refractivity contribution in [2.24, 2.45) is 5.92 Å². The van der Waals surface area contributed by atoms with E-state index >= 15 is 0 Å². The Morgan fingerprint density at radius 2 is 2.31 bits per heavy atom. The molecule has 0 aromatic rings. The topological polar surface area (TPSA) is 24.5 Å². The SMILES string of the molecule is CCOC1CCCN(C(=S)NCC(C)C)C1. The predicted octanol–water partition coefficient (Wildman–Crippen LogP) is 2.02. The lowest BCUT2D eigenvalue weighted by atomic mass is 10.1. The number of hydrogen-bond acceptors (Lipinski definition) is 2. The van der Waals surface area contributed by atoms with E-state index in [1.807, 2.05) is 6.92 Å². The second-order valence-corrected chi connectivity index (χ2v) is 5.13. The van der Waals surface area contributed by atoms with Gasteiger partial charge in [-0.2, -0.15) is 0 Å². The molecule has 1 unspecified atom stereocenters. The standard InChI is InChI=1S/C12H24N2OS/c1-4-15-11-6-5-7-14(9-11)12(16)13-8-10(2)3/h10-11H,4-9H2,1-3H3,(H,13,16). The van der Waals surface area contributed by atoms with E-state index in [-0.39, 0.29) is 0 Å². The maximum atomic E-state index is 5.66. The molecule has 0 aromatic carbocycles. The van der Waals surface area contributed by atoms with Gasteiger partial charge in [-0.25, -0.2) is 0 Å². The lowest BCUT2D eigenvalue weighted by Gasteiger charge is -2.34. The Morgan fingerprint density at radius 3 is 2.94 bits per heavy atom. The highest BCUT2D eigenvalue weighted by Gasteiger charge is 2.21. The average Bonchev–Trinajstić information content (AvgIpc) is 2.26. The highest BCUT2D eigenvalue weighted by atomic mass is 32.1. The molecule has 1 atom stereocenters. The molecule has 1 saturated heterocycles. The number of likely N-dealkylation sites (tertiary alicyclic amines) is 1. The molecule has 0 amide bonds. The van der Waals surface area contributed by atoms with Gasteiger partial charge in [-0.3, -0.25) is 0 Å². The number of hydrogen-bond donors (Lipinski definition) is 1. The molecule has 94 valence electrons. The monoisotopic (exact) mass is 244 g/mol. The first-order chi connectivity index (χ1) is 7.63. The van der Waals surface area contributed by atoms with Gasteiger partial charge >= 0.3 is 0 Å². The van der Waals surface area contributed by atoms with Crippen LogP contribution >= 0.6 is 12.2 Å². The summed E-state index contributed by atoms with van der Waals surface area (Å²) in [6.07, 6.45) is 2.70. The summed E-state index contributed by atoms with van der Waals surface area (Å²) in [6, 6.07) is 0. The molecule has 1 rings (SSSR count). The van der Waals surface area contributed by atoms with E-state index < -0.39 is 0 Å². The van der Waals surface area contributed by atoms with Gasteiger partial charge in [0.2, 0.25) is 0 Å². The number of thiocarbonyl (C=S) groups is 1. The molecule has 1 heterocycles. The van der Waals surface area contributed by atoms with Crippen LogP contribution in [0.15, 0.2) is 0 Å². The lowest BCUT2D eigenvalue weighted by molar-refractivity contribution is 0.0234. The van der Waals surface area contributed by atoms with Crippen LogP contribution < -0.4 is 5.32 Å². The average molecular weight is 244 g/mol. The van der Waals surface area contributed by atoms with E-state index in [4.69, 9.17) is 17.0 Å². The fraction of sp³-hybridized carbons (Fsp3) is 0.917. The van der Waals surface area contributed by atoms with Crippen molar-refractivity contribution in [3.05, 3.63) is 0 Å². The number of nitrogens with one attached hydrogen (secondary N) is 1. The molecule has 0 radical (unpaired) electrons. The van der Waals surface area contributed by atoms with Gasteiger partial charge in [0.1, 0.15) is 0 Å². The Hall–Kier alpha value is -0.350. The van der Waals surface area contributed by atoms with Gasteiger partial charge in [0.15, 0.2) is 5.11 Å². The molecule has 1 fully saturated rings. The van der Waals surface area contributed by atoms with Crippen LogP contribution in [-0.2, 0) is 4.74 Å². The molecule has 0 aliphatic carbocycles. The number of nitrogens with zero attached hydrogens (tertiary/aromatic N) is 1. The summed E-state index contributed by atoms with van der Waals surface area (Å²) in [5.41, 5.74) is 0. The Bertz CT molecular complexity index is 219. The zero-order valence-corrected chi connectivity index (χ0v) is 11.5. The lowest BCUT2D eigenvalue weighted by Crippen LogP contribution is -2.48. The van der Waals surface area contributed by atoms with Crippen molar-refractivity contribution in [1.29, 1.82) is 0 Å². The van der Waals surface area contributed by atoms with E-state index in [1.165, 1.54) is 6.42 Å². The summed E-state index contributed by atoms with van der Waals surface area (Å²) in [6.45, 7) is 10.2. The van der Waals surface area contributed by atoms with Crippen molar-refractivity contribution in [3.63, 3.8) is 0 Å². The molecule has 4 heteroatoms. The fourth-order valence-electron chi connectivity index (χ4n) is 1.90. The third kappa shape index (κ3) is 4.66. The van der Waals surface area contributed by atoms with Crippen LogP contribution in [0.1, 0.15) is 33.6 Å². The summed E-state index contributed by atoms with van der Waals surface area (Å²) in [5, 5.41) is 4.20.